The largest absolute Gasteiger partial charge is 0.488 e. The van der Waals surface area contributed by atoms with E-state index in [0.29, 0.717) is 36.2 Å². The molecule has 1 aliphatic rings. The summed E-state index contributed by atoms with van der Waals surface area (Å²) in [6.45, 7) is 0.858. The standard InChI is InChI=1S/C18H15N3O3/c22-18(19-13-5-2-1-3-6-13)21-10-12-24-16-9-8-14(20-17(16)21)15-7-4-11-23-15/h1-9,11H,10,12H2,(H,19,22). The molecule has 6 nitrogen and oxygen atoms in total. The van der Waals surface area contributed by atoms with E-state index in [-0.39, 0.29) is 6.03 Å². The van der Waals surface area contributed by atoms with Gasteiger partial charge in [-0.3, -0.25) is 4.90 Å². The number of amides is 2. The second-order valence-corrected chi connectivity index (χ2v) is 5.29. The molecule has 4 rings (SSSR count). The highest BCUT2D eigenvalue weighted by atomic mass is 16.5. The van der Waals surface area contributed by atoms with Gasteiger partial charge in [0.1, 0.15) is 12.3 Å². The summed E-state index contributed by atoms with van der Waals surface area (Å²) in [6, 6.07) is 16.3. The number of rotatable bonds is 2. The Labute approximate surface area is 138 Å². The van der Waals surface area contributed by atoms with Gasteiger partial charge in [0.05, 0.1) is 12.8 Å². The number of pyridine rings is 1. The van der Waals surface area contributed by atoms with Crippen molar-refractivity contribution in [1.29, 1.82) is 0 Å². The van der Waals surface area contributed by atoms with Crippen LogP contribution in [-0.4, -0.2) is 24.2 Å². The molecule has 0 unspecified atom stereocenters. The Morgan fingerprint density at radius 2 is 1.96 bits per heavy atom. The third-order valence-corrected chi connectivity index (χ3v) is 3.71. The highest BCUT2D eigenvalue weighted by molar-refractivity contribution is 6.02. The summed E-state index contributed by atoms with van der Waals surface area (Å²) in [4.78, 5) is 18.8. The number of hydrogen-bond donors (Lipinski definition) is 1. The Hall–Kier alpha value is -3.28. The SMILES string of the molecule is O=C(Nc1ccccc1)N1CCOc2ccc(-c3ccco3)nc21. The third-order valence-electron chi connectivity index (χ3n) is 3.71. The smallest absolute Gasteiger partial charge is 0.327 e. The number of fused-ring (bicyclic) bond motifs is 1. The Morgan fingerprint density at radius 3 is 2.75 bits per heavy atom. The zero-order valence-electron chi connectivity index (χ0n) is 12.8. The summed E-state index contributed by atoms with van der Waals surface area (Å²) < 4.78 is 11.0. The summed E-state index contributed by atoms with van der Waals surface area (Å²) in [7, 11) is 0. The summed E-state index contributed by atoms with van der Waals surface area (Å²) in [6.07, 6.45) is 1.59. The number of benzene rings is 1. The molecule has 0 bridgehead atoms. The van der Waals surface area contributed by atoms with Gasteiger partial charge in [-0.1, -0.05) is 18.2 Å². The Kier molecular flexibility index (Phi) is 3.63. The molecule has 0 fully saturated rings. The van der Waals surface area contributed by atoms with Gasteiger partial charge in [-0.25, -0.2) is 9.78 Å². The first-order valence-corrected chi connectivity index (χ1v) is 7.62. The van der Waals surface area contributed by atoms with Gasteiger partial charge in [0, 0.05) is 5.69 Å². The molecule has 1 aromatic carbocycles. The van der Waals surface area contributed by atoms with Crippen LogP contribution in [0.3, 0.4) is 0 Å². The Morgan fingerprint density at radius 1 is 1.08 bits per heavy atom. The van der Waals surface area contributed by atoms with E-state index in [1.807, 2.05) is 48.5 Å². The number of para-hydroxylation sites is 1. The fourth-order valence-electron chi connectivity index (χ4n) is 2.57. The molecule has 3 heterocycles. The highest BCUT2D eigenvalue weighted by Crippen LogP contribution is 2.32. The molecule has 3 aromatic rings. The molecule has 120 valence electrons. The fourth-order valence-corrected chi connectivity index (χ4v) is 2.57. The molecular formula is C18H15N3O3. The van der Waals surface area contributed by atoms with Crippen molar-refractivity contribution < 1.29 is 13.9 Å². The van der Waals surface area contributed by atoms with E-state index in [2.05, 4.69) is 10.3 Å². The lowest BCUT2D eigenvalue weighted by atomic mass is 10.2. The van der Waals surface area contributed by atoms with Crippen LogP contribution in [0.2, 0.25) is 0 Å². The zero-order valence-corrected chi connectivity index (χ0v) is 12.8. The number of carbonyl (C=O) groups is 1. The maximum atomic E-state index is 12.6. The molecule has 2 aromatic heterocycles. The molecule has 2 amide bonds. The van der Waals surface area contributed by atoms with E-state index in [0.717, 1.165) is 5.69 Å². The van der Waals surface area contributed by atoms with Crippen molar-refractivity contribution in [3.8, 4) is 17.2 Å². The van der Waals surface area contributed by atoms with Gasteiger partial charge in [0.2, 0.25) is 0 Å². The average Bonchev–Trinajstić information content (AvgIpc) is 3.16. The second kappa shape index (κ2) is 6.08. The first-order valence-electron chi connectivity index (χ1n) is 7.62. The van der Waals surface area contributed by atoms with Crippen LogP contribution in [-0.2, 0) is 0 Å². The van der Waals surface area contributed by atoms with Crippen molar-refractivity contribution in [2.45, 2.75) is 0 Å². The van der Waals surface area contributed by atoms with Gasteiger partial charge in [0.25, 0.3) is 0 Å². The molecule has 0 atom stereocenters. The lowest BCUT2D eigenvalue weighted by Crippen LogP contribution is -2.41. The first-order chi connectivity index (χ1) is 11.8. The lowest BCUT2D eigenvalue weighted by molar-refractivity contribution is 0.249. The van der Waals surface area contributed by atoms with Crippen molar-refractivity contribution >= 4 is 17.5 Å². The second-order valence-electron chi connectivity index (χ2n) is 5.29. The molecule has 0 saturated heterocycles. The van der Waals surface area contributed by atoms with E-state index in [1.165, 1.54) is 0 Å². The van der Waals surface area contributed by atoms with Gasteiger partial charge in [-0.2, -0.15) is 0 Å². The van der Waals surface area contributed by atoms with Crippen LogP contribution in [0.25, 0.3) is 11.5 Å². The summed E-state index contributed by atoms with van der Waals surface area (Å²) in [5.74, 6) is 1.72. The molecule has 0 radical (unpaired) electrons. The number of nitrogens with one attached hydrogen (secondary N) is 1. The van der Waals surface area contributed by atoms with Crippen LogP contribution >= 0.6 is 0 Å². The monoisotopic (exact) mass is 321 g/mol. The number of urea groups is 1. The molecular weight excluding hydrogens is 306 g/mol. The quantitative estimate of drug-likeness (QED) is 0.780. The minimum atomic E-state index is -0.241. The van der Waals surface area contributed by atoms with Crippen LogP contribution in [0, 0.1) is 0 Å². The van der Waals surface area contributed by atoms with Crippen molar-refractivity contribution in [2.75, 3.05) is 23.4 Å². The lowest BCUT2D eigenvalue weighted by Gasteiger charge is -2.28. The van der Waals surface area contributed by atoms with E-state index < -0.39 is 0 Å². The van der Waals surface area contributed by atoms with Crippen molar-refractivity contribution in [3.05, 3.63) is 60.9 Å². The Balaban J connectivity index is 1.64. The molecule has 6 heteroatoms. The van der Waals surface area contributed by atoms with Gasteiger partial charge >= 0.3 is 6.03 Å². The topological polar surface area (TPSA) is 67.6 Å². The van der Waals surface area contributed by atoms with Crippen LogP contribution in [0.15, 0.2) is 65.3 Å². The summed E-state index contributed by atoms with van der Waals surface area (Å²) in [5, 5.41) is 2.87. The molecule has 0 spiro atoms. The molecule has 0 aliphatic carbocycles. The predicted molar refractivity (Wildman–Crippen MR) is 90.2 cm³/mol. The van der Waals surface area contributed by atoms with Crippen LogP contribution in [0.1, 0.15) is 0 Å². The number of ether oxygens (including phenoxy) is 1. The number of aromatic nitrogens is 1. The number of anilines is 2. The number of furan rings is 1. The van der Waals surface area contributed by atoms with E-state index in [1.54, 1.807) is 17.2 Å². The zero-order chi connectivity index (χ0) is 16.4. The van der Waals surface area contributed by atoms with Gasteiger partial charge in [-0.15, -0.1) is 0 Å². The van der Waals surface area contributed by atoms with Gasteiger partial charge in [0.15, 0.2) is 17.3 Å². The van der Waals surface area contributed by atoms with Crippen molar-refractivity contribution in [1.82, 2.24) is 4.98 Å². The third kappa shape index (κ3) is 2.69. The van der Waals surface area contributed by atoms with Crippen molar-refractivity contribution in [3.63, 3.8) is 0 Å². The fraction of sp³-hybridized carbons (Fsp3) is 0.111. The highest BCUT2D eigenvalue weighted by Gasteiger charge is 2.26. The molecule has 0 saturated carbocycles. The minimum absolute atomic E-state index is 0.241. The van der Waals surface area contributed by atoms with Gasteiger partial charge in [-0.05, 0) is 36.4 Å². The molecule has 24 heavy (non-hydrogen) atoms. The van der Waals surface area contributed by atoms with Gasteiger partial charge < -0.3 is 14.5 Å². The minimum Gasteiger partial charge on any atom is -0.488 e. The molecule has 1 aliphatic heterocycles. The number of nitrogens with zero attached hydrogens (tertiary/aromatic N) is 2. The Bertz CT molecular complexity index is 847. The summed E-state index contributed by atoms with van der Waals surface area (Å²) in [5.41, 5.74) is 1.39. The van der Waals surface area contributed by atoms with Crippen LogP contribution in [0.4, 0.5) is 16.3 Å². The van der Waals surface area contributed by atoms with E-state index in [9.17, 15) is 4.79 Å². The normalized spacial score (nSPS) is 13.1. The van der Waals surface area contributed by atoms with Crippen LogP contribution < -0.4 is 15.0 Å². The number of hydrogen-bond acceptors (Lipinski definition) is 4. The first kappa shape index (κ1) is 14.3. The maximum absolute atomic E-state index is 12.6. The van der Waals surface area contributed by atoms with E-state index >= 15 is 0 Å². The molecule has 1 N–H and O–H groups in total. The average molecular weight is 321 g/mol. The summed E-state index contributed by atoms with van der Waals surface area (Å²) >= 11 is 0. The predicted octanol–water partition coefficient (Wildman–Crippen LogP) is 3.77. The number of carbonyl (C=O) groups excluding carboxylic acids is 1. The van der Waals surface area contributed by atoms with Crippen LogP contribution in [0.5, 0.6) is 5.75 Å². The van der Waals surface area contributed by atoms with E-state index in [4.69, 9.17) is 9.15 Å². The maximum Gasteiger partial charge on any atom is 0.327 e. The van der Waals surface area contributed by atoms with Crippen molar-refractivity contribution in [2.24, 2.45) is 0 Å².